The number of ether oxygens (including phenoxy) is 3. The molecule has 0 spiro atoms. The van der Waals surface area contributed by atoms with Crippen molar-refractivity contribution in [3.63, 3.8) is 0 Å². The second kappa shape index (κ2) is 11.2. The molecule has 2 aromatic carbocycles. The molecule has 2 aromatic rings. The molecule has 0 saturated carbocycles. The van der Waals surface area contributed by atoms with E-state index in [0.29, 0.717) is 36.9 Å². The third-order valence-corrected chi connectivity index (χ3v) is 7.17. The van der Waals surface area contributed by atoms with Gasteiger partial charge in [-0.1, -0.05) is 18.2 Å². The van der Waals surface area contributed by atoms with E-state index in [1.54, 1.807) is 42.3 Å². The van der Waals surface area contributed by atoms with Gasteiger partial charge in [-0.15, -0.1) is 0 Å². The summed E-state index contributed by atoms with van der Waals surface area (Å²) in [5.41, 5.74) is 0.970. The van der Waals surface area contributed by atoms with Crippen LogP contribution in [0.4, 0.5) is 0 Å². The number of hydrogen-bond donors (Lipinski definition) is 0. The minimum Gasteiger partial charge on any atom is -0.494 e. The highest BCUT2D eigenvalue weighted by molar-refractivity contribution is 7.89. The molecule has 0 aliphatic carbocycles. The molecular weight excluding hydrogens is 444 g/mol. The Morgan fingerprint density at radius 2 is 1.70 bits per heavy atom. The summed E-state index contributed by atoms with van der Waals surface area (Å²) < 4.78 is 43.7. The molecule has 1 aliphatic rings. The second-order valence-corrected chi connectivity index (χ2v) is 9.33. The summed E-state index contributed by atoms with van der Waals surface area (Å²) in [5, 5.41) is 0. The summed E-state index contributed by atoms with van der Waals surface area (Å²) in [4.78, 5) is 14.5. The summed E-state index contributed by atoms with van der Waals surface area (Å²) in [7, 11) is -2.08. The van der Waals surface area contributed by atoms with Crippen LogP contribution in [-0.2, 0) is 14.8 Å². The molecule has 9 heteroatoms. The SMILES string of the molecule is CC=Cc1ccc(OCC(=O)N2CCN(S(=O)(=O)c3ccc(OCC)cc3)CC2)c(OC)c1. The van der Waals surface area contributed by atoms with Crippen LogP contribution in [0, 0.1) is 0 Å². The minimum absolute atomic E-state index is 0.148. The Bertz CT molecular complexity index is 1070. The first-order chi connectivity index (χ1) is 15.9. The number of benzene rings is 2. The maximum Gasteiger partial charge on any atom is 0.260 e. The molecule has 178 valence electrons. The van der Waals surface area contributed by atoms with Crippen LogP contribution < -0.4 is 14.2 Å². The minimum atomic E-state index is -3.63. The lowest BCUT2D eigenvalue weighted by molar-refractivity contribution is -0.134. The molecule has 0 N–H and O–H groups in total. The van der Waals surface area contributed by atoms with E-state index in [0.717, 1.165) is 5.56 Å². The average Bonchev–Trinajstić information content (AvgIpc) is 2.83. The highest BCUT2D eigenvalue weighted by Crippen LogP contribution is 2.28. The van der Waals surface area contributed by atoms with Gasteiger partial charge in [-0.05, 0) is 55.8 Å². The molecular formula is C24H30N2O6S. The quantitative estimate of drug-likeness (QED) is 0.555. The monoisotopic (exact) mass is 474 g/mol. The number of carbonyl (C=O) groups is 1. The largest absolute Gasteiger partial charge is 0.494 e. The smallest absolute Gasteiger partial charge is 0.260 e. The lowest BCUT2D eigenvalue weighted by Gasteiger charge is -2.34. The number of amides is 1. The number of hydrogen-bond acceptors (Lipinski definition) is 6. The fraction of sp³-hybridized carbons (Fsp3) is 0.375. The van der Waals surface area contributed by atoms with Gasteiger partial charge in [-0.3, -0.25) is 4.79 Å². The highest BCUT2D eigenvalue weighted by atomic mass is 32.2. The van der Waals surface area contributed by atoms with E-state index in [2.05, 4.69) is 0 Å². The fourth-order valence-electron chi connectivity index (χ4n) is 3.53. The number of piperazine rings is 1. The molecule has 33 heavy (non-hydrogen) atoms. The molecule has 0 bridgehead atoms. The molecule has 1 amide bonds. The Kier molecular flexibility index (Phi) is 8.35. The van der Waals surface area contributed by atoms with Gasteiger partial charge in [0.05, 0.1) is 18.6 Å². The first-order valence-corrected chi connectivity index (χ1v) is 12.3. The van der Waals surface area contributed by atoms with Crippen LogP contribution in [0.25, 0.3) is 6.08 Å². The van der Waals surface area contributed by atoms with Crippen molar-refractivity contribution in [2.75, 3.05) is 46.5 Å². The van der Waals surface area contributed by atoms with Crippen LogP contribution in [0.2, 0.25) is 0 Å². The second-order valence-electron chi connectivity index (χ2n) is 7.39. The summed E-state index contributed by atoms with van der Waals surface area (Å²) in [6.45, 7) is 5.22. The average molecular weight is 475 g/mol. The van der Waals surface area contributed by atoms with Crippen molar-refractivity contribution in [3.05, 3.63) is 54.1 Å². The number of sulfonamides is 1. The molecule has 1 fully saturated rings. The number of methoxy groups -OCH3 is 1. The molecule has 0 unspecified atom stereocenters. The number of rotatable bonds is 9. The molecule has 1 saturated heterocycles. The van der Waals surface area contributed by atoms with Crippen LogP contribution >= 0.6 is 0 Å². The normalized spacial score (nSPS) is 14.9. The summed E-state index contributed by atoms with van der Waals surface area (Å²) >= 11 is 0. The summed E-state index contributed by atoms with van der Waals surface area (Å²) in [5.74, 6) is 1.45. The van der Waals surface area contributed by atoms with Crippen LogP contribution in [-0.4, -0.2) is 70.0 Å². The van der Waals surface area contributed by atoms with Crippen molar-refractivity contribution in [1.29, 1.82) is 0 Å². The van der Waals surface area contributed by atoms with Gasteiger partial charge in [-0.25, -0.2) is 8.42 Å². The zero-order valence-corrected chi connectivity index (χ0v) is 20.0. The summed E-state index contributed by atoms with van der Waals surface area (Å²) in [6.07, 6.45) is 3.87. The predicted molar refractivity (Wildman–Crippen MR) is 126 cm³/mol. The van der Waals surface area contributed by atoms with E-state index >= 15 is 0 Å². The van der Waals surface area contributed by atoms with Gasteiger partial charge >= 0.3 is 0 Å². The zero-order valence-electron chi connectivity index (χ0n) is 19.2. The lowest BCUT2D eigenvalue weighted by atomic mass is 10.2. The molecule has 0 atom stereocenters. The lowest BCUT2D eigenvalue weighted by Crippen LogP contribution is -2.51. The number of carbonyl (C=O) groups excluding carboxylic acids is 1. The molecule has 3 rings (SSSR count). The van der Waals surface area contributed by atoms with E-state index in [-0.39, 0.29) is 30.5 Å². The Labute approximate surface area is 195 Å². The molecule has 8 nitrogen and oxygen atoms in total. The van der Waals surface area contributed by atoms with Gasteiger partial charge in [0.25, 0.3) is 5.91 Å². The summed E-state index contributed by atoms with van der Waals surface area (Å²) in [6, 6.07) is 11.9. The molecule has 0 radical (unpaired) electrons. The van der Waals surface area contributed by atoms with Gasteiger partial charge in [-0.2, -0.15) is 4.31 Å². The number of nitrogens with zero attached hydrogens (tertiary/aromatic N) is 2. The van der Waals surface area contributed by atoms with Gasteiger partial charge < -0.3 is 19.1 Å². The number of allylic oxidation sites excluding steroid dienone is 1. The van der Waals surface area contributed by atoms with Crippen molar-refractivity contribution < 1.29 is 27.4 Å². The van der Waals surface area contributed by atoms with Gasteiger partial charge in [0, 0.05) is 26.2 Å². The van der Waals surface area contributed by atoms with Crippen LogP contribution in [0.5, 0.6) is 17.2 Å². The molecule has 0 aromatic heterocycles. The van der Waals surface area contributed by atoms with E-state index in [4.69, 9.17) is 14.2 Å². The standard InChI is InChI=1S/C24H30N2O6S/c1-4-6-19-7-12-22(23(17-19)30-3)32-18-24(27)25-13-15-26(16-14-25)33(28,29)21-10-8-20(9-11-21)31-5-2/h4,6-12,17H,5,13-16,18H2,1-3H3. The van der Waals surface area contributed by atoms with Gasteiger partial charge in [0.15, 0.2) is 18.1 Å². The van der Waals surface area contributed by atoms with Crippen LogP contribution in [0.15, 0.2) is 53.4 Å². The van der Waals surface area contributed by atoms with Crippen LogP contribution in [0.1, 0.15) is 19.4 Å². The third kappa shape index (κ3) is 6.06. The molecule has 1 aliphatic heterocycles. The zero-order chi connectivity index (χ0) is 23.8. The van der Waals surface area contributed by atoms with Crippen molar-refractivity contribution >= 4 is 22.0 Å². The van der Waals surface area contributed by atoms with Gasteiger partial charge in [0.2, 0.25) is 10.0 Å². The Balaban J connectivity index is 1.55. The van der Waals surface area contributed by atoms with Crippen LogP contribution in [0.3, 0.4) is 0 Å². The van der Waals surface area contributed by atoms with Crippen molar-refractivity contribution in [2.45, 2.75) is 18.7 Å². The first kappa shape index (κ1) is 24.6. The Morgan fingerprint density at radius 3 is 2.30 bits per heavy atom. The van der Waals surface area contributed by atoms with E-state index < -0.39 is 10.0 Å². The topological polar surface area (TPSA) is 85.4 Å². The maximum atomic E-state index is 12.9. The van der Waals surface area contributed by atoms with Gasteiger partial charge in [0.1, 0.15) is 5.75 Å². The van der Waals surface area contributed by atoms with E-state index in [9.17, 15) is 13.2 Å². The third-order valence-electron chi connectivity index (χ3n) is 5.26. The van der Waals surface area contributed by atoms with E-state index in [1.165, 1.54) is 4.31 Å². The predicted octanol–water partition coefficient (Wildman–Crippen LogP) is 3.04. The molecule has 1 heterocycles. The Hall–Kier alpha value is -3.04. The fourth-order valence-corrected chi connectivity index (χ4v) is 4.95. The van der Waals surface area contributed by atoms with Crippen molar-refractivity contribution in [3.8, 4) is 17.2 Å². The van der Waals surface area contributed by atoms with Crippen molar-refractivity contribution in [1.82, 2.24) is 9.21 Å². The van der Waals surface area contributed by atoms with Crippen molar-refractivity contribution in [2.24, 2.45) is 0 Å². The maximum absolute atomic E-state index is 12.9. The Morgan fingerprint density at radius 1 is 1.00 bits per heavy atom. The highest BCUT2D eigenvalue weighted by Gasteiger charge is 2.30. The van der Waals surface area contributed by atoms with E-state index in [1.807, 2.05) is 38.1 Å². The first-order valence-electron chi connectivity index (χ1n) is 10.8.